The van der Waals surface area contributed by atoms with Gasteiger partial charge in [0.1, 0.15) is 0 Å². The molecule has 1 atom stereocenters. The Morgan fingerprint density at radius 1 is 1.33 bits per heavy atom. The first-order valence-electron chi connectivity index (χ1n) is 8.48. The molecule has 0 spiro atoms. The van der Waals surface area contributed by atoms with Crippen LogP contribution in [0, 0.1) is 0 Å². The van der Waals surface area contributed by atoms with E-state index in [2.05, 4.69) is 5.32 Å². The number of benzene rings is 2. The normalized spacial score (nSPS) is 18.0. The van der Waals surface area contributed by atoms with Crippen molar-refractivity contribution in [3.05, 3.63) is 47.0 Å². The van der Waals surface area contributed by atoms with E-state index in [-0.39, 0.29) is 30.6 Å². The van der Waals surface area contributed by atoms with Crippen LogP contribution in [0.15, 0.2) is 41.3 Å². The summed E-state index contributed by atoms with van der Waals surface area (Å²) in [5.74, 6) is -0.218. The predicted octanol–water partition coefficient (Wildman–Crippen LogP) is 4.13. The van der Waals surface area contributed by atoms with Gasteiger partial charge < -0.3 is 16.0 Å². The zero-order chi connectivity index (χ0) is 18.3. The Morgan fingerprint density at radius 3 is 2.96 bits per heavy atom. The van der Waals surface area contributed by atoms with Gasteiger partial charge in [0.25, 0.3) is 0 Å². The summed E-state index contributed by atoms with van der Waals surface area (Å²) < 4.78 is 0. The summed E-state index contributed by atoms with van der Waals surface area (Å²) in [5, 5.41) is 2.97. The Labute approximate surface area is 173 Å². The summed E-state index contributed by atoms with van der Waals surface area (Å²) >= 11 is 7.38. The second-order valence-electron chi connectivity index (χ2n) is 6.43. The van der Waals surface area contributed by atoms with Gasteiger partial charge in [-0.15, -0.1) is 24.2 Å². The maximum Gasteiger partial charge on any atom is 0.238 e. The van der Waals surface area contributed by atoms with Crippen LogP contribution in [-0.4, -0.2) is 23.6 Å². The van der Waals surface area contributed by atoms with Crippen molar-refractivity contribution in [1.82, 2.24) is 0 Å². The maximum atomic E-state index is 12.9. The Balaban J connectivity index is 0.00000210. The summed E-state index contributed by atoms with van der Waals surface area (Å²) in [6.45, 7) is 0.653. The lowest BCUT2D eigenvalue weighted by Gasteiger charge is -2.32. The number of amides is 2. The van der Waals surface area contributed by atoms with E-state index in [1.807, 2.05) is 24.3 Å². The standard InChI is InChI=1S/C19H18ClN3O2S.ClH/c20-11-6-7-16-14(9-11)22-19(25)17(26-16)10-18(24)23-8-2-3-12-13(21)4-1-5-15(12)23;/h1,4-7,9,17H,2-3,8,10,21H2,(H,22,25);1H. The molecular weight excluding hydrogens is 405 g/mol. The number of nitrogens with zero attached hydrogens (tertiary/aromatic N) is 1. The molecule has 8 heteroatoms. The average Bonchev–Trinajstić information content (AvgIpc) is 2.62. The molecule has 27 heavy (non-hydrogen) atoms. The number of nitrogen functional groups attached to an aromatic ring is 1. The summed E-state index contributed by atoms with van der Waals surface area (Å²) in [6, 6.07) is 11.0. The fraction of sp³-hybridized carbons (Fsp3) is 0.263. The molecule has 142 valence electrons. The highest BCUT2D eigenvalue weighted by Crippen LogP contribution is 2.39. The number of carbonyl (C=O) groups is 2. The number of carbonyl (C=O) groups excluding carboxylic acids is 2. The highest BCUT2D eigenvalue weighted by molar-refractivity contribution is 8.01. The predicted molar refractivity (Wildman–Crippen MR) is 113 cm³/mol. The molecule has 0 aromatic heterocycles. The molecule has 4 rings (SSSR count). The van der Waals surface area contributed by atoms with E-state index in [9.17, 15) is 9.59 Å². The minimum absolute atomic E-state index is 0. The van der Waals surface area contributed by atoms with Crippen LogP contribution in [0.4, 0.5) is 17.1 Å². The number of thioether (sulfide) groups is 1. The molecule has 3 N–H and O–H groups in total. The molecule has 0 fully saturated rings. The van der Waals surface area contributed by atoms with Crippen LogP contribution in [0.1, 0.15) is 18.4 Å². The lowest BCUT2D eigenvalue weighted by molar-refractivity contribution is -0.122. The zero-order valence-corrected chi connectivity index (χ0v) is 16.8. The molecule has 0 aliphatic carbocycles. The molecular formula is C19H19Cl2N3O2S. The quantitative estimate of drug-likeness (QED) is 0.711. The minimum Gasteiger partial charge on any atom is -0.398 e. The first-order valence-corrected chi connectivity index (χ1v) is 9.73. The third-order valence-corrected chi connectivity index (χ3v) is 6.22. The van der Waals surface area contributed by atoms with E-state index in [1.54, 1.807) is 17.0 Å². The Hall–Kier alpha value is -1.89. The lowest BCUT2D eigenvalue weighted by atomic mass is 9.99. The second kappa shape index (κ2) is 8.00. The van der Waals surface area contributed by atoms with E-state index < -0.39 is 5.25 Å². The first-order chi connectivity index (χ1) is 12.5. The lowest BCUT2D eigenvalue weighted by Crippen LogP contribution is -2.40. The molecule has 2 amide bonds. The molecule has 0 saturated heterocycles. The molecule has 2 aliphatic heterocycles. The second-order valence-corrected chi connectivity index (χ2v) is 8.12. The largest absolute Gasteiger partial charge is 0.398 e. The van der Waals surface area contributed by atoms with Crippen molar-refractivity contribution in [2.75, 3.05) is 22.5 Å². The van der Waals surface area contributed by atoms with Gasteiger partial charge in [-0.1, -0.05) is 17.7 Å². The molecule has 2 heterocycles. The number of nitrogens with two attached hydrogens (primary N) is 1. The molecule has 0 bridgehead atoms. The number of anilines is 3. The van der Waals surface area contributed by atoms with Crippen molar-refractivity contribution >= 4 is 64.6 Å². The smallest absolute Gasteiger partial charge is 0.238 e. The van der Waals surface area contributed by atoms with Crippen molar-refractivity contribution in [2.45, 2.75) is 29.4 Å². The SMILES string of the molecule is Cl.Nc1cccc2c1CCCN2C(=O)CC1Sc2ccc(Cl)cc2NC1=O. The van der Waals surface area contributed by atoms with Gasteiger partial charge in [-0.3, -0.25) is 9.59 Å². The topological polar surface area (TPSA) is 75.4 Å². The van der Waals surface area contributed by atoms with E-state index in [4.69, 9.17) is 17.3 Å². The number of rotatable bonds is 2. The summed E-state index contributed by atoms with van der Waals surface area (Å²) in [7, 11) is 0. The van der Waals surface area contributed by atoms with Gasteiger partial charge in [-0.2, -0.15) is 0 Å². The molecule has 2 aromatic carbocycles. The van der Waals surface area contributed by atoms with Crippen molar-refractivity contribution < 1.29 is 9.59 Å². The summed E-state index contributed by atoms with van der Waals surface area (Å²) in [5.41, 5.74) is 9.37. The number of hydrogen-bond acceptors (Lipinski definition) is 4. The van der Waals surface area contributed by atoms with E-state index in [1.165, 1.54) is 11.8 Å². The van der Waals surface area contributed by atoms with Crippen LogP contribution in [0.25, 0.3) is 0 Å². The van der Waals surface area contributed by atoms with E-state index in [0.717, 1.165) is 34.7 Å². The molecule has 1 unspecified atom stereocenters. The Kier molecular flexibility index (Phi) is 5.89. The van der Waals surface area contributed by atoms with Crippen LogP contribution < -0.4 is 16.0 Å². The van der Waals surface area contributed by atoms with Crippen LogP contribution in [0.3, 0.4) is 0 Å². The summed E-state index contributed by atoms with van der Waals surface area (Å²) in [6.07, 6.45) is 1.89. The van der Waals surface area contributed by atoms with Gasteiger partial charge in [0, 0.05) is 34.3 Å². The highest BCUT2D eigenvalue weighted by Gasteiger charge is 2.32. The number of fused-ring (bicyclic) bond motifs is 2. The molecule has 2 aliphatic rings. The number of nitrogens with one attached hydrogen (secondary N) is 1. The van der Waals surface area contributed by atoms with Gasteiger partial charge in [-0.05, 0) is 48.7 Å². The third-order valence-electron chi connectivity index (χ3n) is 4.71. The Morgan fingerprint density at radius 2 is 2.15 bits per heavy atom. The van der Waals surface area contributed by atoms with E-state index >= 15 is 0 Å². The van der Waals surface area contributed by atoms with Crippen molar-refractivity contribution in [1.29, 1.82) is 0 Å². The third kappa shape index (κ3) is 3.88. The Bertz CT molecular complexity index is 907. The van der Waals surface area contributed by atoms with Crippen LogP contribution in [-0.2, 0) is 16.0 Å². The molecule has 0 saturated carbocycles. The fourth-order valence-corrected chi connectivity index (χ4v) is 4.69. The van der Waals surface area contributed by atoms with Gasteiger partial charge in [-0.25, -0.2) is 0 Å². The number of hydrogen-bond donors (Lipinski definition) is 2. The highest BCUT2D eigenvalue weighted by atomic mass is 35.5. The van der Waals surface area contributed by atoms with Gasteiger partial charge >= 0.3 is 0 Å². The number of halogens is 2. The van der Waals surface area contributed by atoms with Crippen LogP contribution in [0.5, 0.6) is 0 Å². The average molecular weight is 424 g/mol. The zero-order valence-electron chi connectivity index (χ0n) is 14.4. The van der Waals surface area contributed by atoms with Crippen LogP contribution in [0.2, 0.25) is 5.02 Å². The monoisotopic (exact) mass is 423 g/mol. The molecule has 5 nitrogen and oxygen atoms in total. The summed E-state index contributed by atoms with van der Waals surface area (Å²) in [4.78, 5) is 28.0. The van der Waals surface area contributed by atoms with Crippen molar-refractivity contribution in [3.8, 4) is 0 Å². The van der Waals surface area contributed by atoms with Crippen molar-refractivity contribution in [2.24, 2.45) is 0 Å². The molecule has 2 aromatic rings. The van der Waals surface area contributed by atoms with E-state index in [0.29, 0.717) is 17.3 Å². The molecule has 0 radical (unpaired) electrons. The van der Waals surface area contributed by atoms with Gasteiger partial charge in [0.05, 0.1) is 10.9 Å². The minimum atomic E-state index is -0.456. The van der Waals surface area contributed by atoms with Crippen molar-refractivity contribution in [3.63, 3.8) is 0 Å². The first kappa shape index (κ1) is 19.9. The van der Waals surface area contributed by atoms with Crippen LogP contribution >= 0.6 is 35.8 Å². The fourth-order valence-electron chi connectivity index (χ4n) is 3.44. The maximum absolute atomic E-state index is 12.9. The van der Waals surface area contributed by atoms with Gasteiger partial charge in [0.2, 0.25) is 11.8 Å². The van der Waals surface area contributed by atoms with Gasteiger partial charge in [0.15, 0.2) is 0 Å².